The van der Waals surface area contributed by atoms with Crippen LogP contribution in [0.25, 0.3) is 0 Å². The molecule has 152 valence electrons. The van der Waals surface area contributed by atoms with Crippen molar-refractivity contribution in [3.05, 3.63) is 66.2 Å². The second kappa shape index (κ2) is 10.7. The average Bonchev–Trinajstić information content (AvgIpc) is 2.96. The van der Waals surface area contributed by atoms with E-state index < -0.39 is 11.2 Å². The lowest BCUT2D eigenvalue weighted by Gasteiger charge is -2.21. The second-order valence-corrected chi connectivity index (χ2v) is 8.06. The van der Waals surface area contributed by atoms with Gasteiger partial charge in [0.2, 0.25) is 5.91 Å². The third-order valence-electron chi connectivity index (χ3n) is 4.67. The monoisotopic (exact) mass is 411 g/mol. The summed E-state index contributed by atoms with van der Waals surface area (Å²) >= 11 is 1.41. The van der Waals surface area contributed by atoms with Crippen LogP contribution in [0.4, 0.5) is 0 Å². The lowest BCUT2D eigenvalue weighted by molar-refractivity contribution is -0.136. The Kier molecular flexibility index (Phi) is 7.69. The summed E-state index contributed by atoms with van der Waals surface area (Å²) in [5.41, 5.74) is 5.83. The van der Waals surface area contributed by atoms with Crippen LogP contribution in [0.3, 0.4) is 0 Å². The SMILES string of the molecule is O=C(CN1CCCCCC1=O)NNC(=O)C(Sc1ccccc1)c1ccccc1. The zero-order chi connectivity index (χ0) is 20.5. The Morgan fingerprint density at radius 1 is 0.931 bits per heavy atom. The molecule has 0 bridgehead atoms. The topological polar surface area (TPSA) is 78.5 Å². The minimum Gasteiger partial charge on any atom is -0.333 e. The van der Waals surface area contributed by atoms with Crippen LogP contribution >= 0.6 is 11.8 Å². The van der Waals surface area contributed by atoms with Gasteiger partial charge in [-0.1, -0.05) is 55.0 Å². The summed E-state index contributed by atoms with van der Waals surface area (Å²) in [6.07, 6.45) is 3.23. The molecule has 0 spiro atoms. The molecule has 3 amide bonds. The number of hydrogen-bond acceptors (Lipinski definition) is 4. The number of carbonyl (C=O) groups is 3. The summed E-state index contributed by atoms with van der Waals surface area (Å²) in [7, 11) is 0. The van der Waals surface area contributed by atoms with Crippen molar-refractivity contribution in [1.82, 2.24) is 15.8 Å². The van der Waals surface area contributed by atoms with Crippen LogP contribution in [0.2, 0.25) is 0 Å². The third-order valence-corrected chi connectivity index (χ3v) is 5.93. The van der Waals surface area contributed by atoms with Gasteiger partial charge in [-0.25, -0.2) is 0 Å². The van der Waals surface area contributed by atoms with Gasteiger partial charge in [0.15, 0.2) is 0 Å². The minimum absolute atomic E-state index is 0.00854. The highest BCUT2D eigenvalue weighted by Crippen LogP contribution is 2.35. The standard InChI is InChI=1S/C22H25N3O3S/c26-19(16-25-15-9-3-8-14-20(25)27)23-24-22(28)21(17-10-4-1-5-11-17)29-18-12-6-2-7-13-18/h1-2,4-7,10-13,21H,3,8-9,14-16H2,(H,23,26)(H,24,28). The maximum absolute atomic E-state index is 12.8. The van der Waals surface area contributed by atoms with Gasteiger partial charge in [0.05, 0.1) is 0 Å². The van der Waals surface area contributed by atoms with E-state index in [9.17, 15) is 14.4 Å². The number of rotatable bonds is 6. The molecule has 0 radical (unpaired) electrons. The number of benzene rings is 2. The number of thioether (sulfide) groups is 1. The van der Waals surface area contributed by atoms with Gasteiger partial charge in [0.25, 0.3) is 11.8 Å². The molecule has 2 aromatic rings. The van der Waals surface area contributed by atoms with Crippen molar-refractivity contribution in [1.29, 1.82) is 0 Å². The quantitative estimate of drug-likeness (QED) is 0.566. The Balaban J connectivity index is 1.60. The van der Waals surface area contributed by atoms with Crippen molar-refractivity contribution in [3.8, 4) is 0 Å². The Labute approximate surface area is 175 Å². The summed E-state index contributed by atoms with van der Waals surface area (Å²) in [5, 5.41) is -0.515. The van der Waals surface area contributed by atoms with E-state index in [0.717, 1.165) is 29.7 Å². The highest BCUT2D eigenvalue weighted by Gasteiger charge is 2.23. The molecule has 6 nitrogen and oxygen atoms in total. The van der Waals surface area contributed by atoms with Crippen LogP contribution in [0.15, 0.2) is 65.6 Å². The lowest BCUT2D eigenvalue weighted by atomic mass is 10.1. The normalized spacial score (nSPS) is 15.3. The van der Waals surface area contributed by atoms with Crippen molar-refractivity contribution in [2.75, 3.05) is 13.1 Å². The van der Waals surface area contributed by atoms with E-state index in [2.05, 4.69) is 10.9 Å². The maximum Gasteiger partial charge on any atom is 0.257 e. The predicted octanol–water partition coefficient (Wildman–Crippen LogP) is 3.07. The van der Waals surface area contributed by atoms with Gasteiger partial charge in [0, 0.05) is 17.9 Å². The summed E-state index contributed by atoms with van der Waals surface area (Å²) < 4.78 is 0. The van der Waals surface area contributed by atoms with E-state index in [-0.39, 0.29) is 18.4 Å². The van der Waals surface area contributed by atoms with Crippen molar-refractivity contribution >= 4 is 29.5 Å². The summed E-state index contributed by atoms with van der Waals surface area (Å²) in [5.74, 6) is -0.725. The van der Waals surface area contributed by atoms with Gasteiger partial charge in [0.1, 0.15) is 11.8 Å². The zero-order valence-electron chi connectivity index (χ0n) is 16.2. The first-order valence-corrected chi connectivity index (χ1v) is 10.6. The van der Waals surface area contributed by atoms with E-state index in [1.165, 1.54) is 11.8 Å². The van der Waals surface area contributed by atoms with Gasteiger partial charge in [-0.05, 0) is 30.5 Å². The lowest BCUT2D eigenvalue weighted by Crippen LogP contribution is -2.48. The van der Waals surface area contributed by atoms with Gasteiger partial charge in [-0.15, -0.1) is 11.8 Å². The Bertz CT molecular complexity index is 830. The molecule has 0 aromatic heterocycles. The summed E-state index contributed by atoms with van der Waals surface area (Å²) in [6, 6.07) is 19.1. The first-order chi connectivity index (χ1) is 14.1. The number of carbonyl (C=O) groups excluding carboxylic acids is 3. The van der Waals surface area contributed by atoms with E-state index in [1.54, 1.807) is 4.90 Å². The molecule has 2 N–H and O–H groups in total. The smallest absolute Gasteiger partial charge is 0.257 e. The number of nitrogens with zero attached hydrogens (tertiary/aromatic N) is 1. The van der Waals surface area contributed by atoms with Gasteiger partial charge in [-0.3, -0.25) is 25.2 Å². The number of nitrogens with one attached hydrogen (secondary N) is 2. The number of hydrogen-bond donors (Lipinski definition) is 2. The molecular weight excluding hydrogens is 386 g/mol. The molecule has 0 saturated carbocycles. The molecule has 1 saturated heterocycles. The van der Waals surface area contributed by atoms with Gasteiger partial charge in [-0.2, -0.15) is 0 Å². The molecule has 1 atom stereocenters. The summed E-state index contributed by atoms with van der Waals surface area (Å²) in [6.45, 7) is 0.539. The van der Waals surface area contributed by atoms with Crippen molar-refractivity contribution in [2.45, 2.75) is 35.8 Å². The highest BCUT2D eigenvalue weighted by molar-refractivity contribution is 8.00. The van der Waals surface area contributed by atoms with Crippen molar-refractivity contribution in [2.24, 2.45) is 0 Å². The minimum atomic E-state index is -0.515. The molecule has 3 rings (SSSR count). The second-order valence-electron chi connectivity index (χ2n) is 6.89. The van der Waals surface area contributed by atoms with E-state index >= 15 is 0 Å². The first kappa shape index (κ1) is 20.9. The molecule has 1 unspecified atom stereocenters. The van der Waals surface area contributed by atoms with Gasteiger partial charge >= 0.3 is 0 Å². The van der Waals surface area contributed by atoms with E-state index in [1.807, 2.05) is 60.7 Å². The van der Waals surface area contributed by atoms with Crippen LogP contribution in [-0.2, 0) is 14.4 Å². The third kappa shape index (κ3) is 6.35. The predicted molar refractivity (Wildman–Crippen MR) is 113 cm³/mol. The molecule has 1 heterocycles. The summed E-state index contributed by atoms with van der Waals surface area (Å²) in [4.78, 5) is 39.7. The molecule has 0 aliphatic carbocycles. The van der Waals surface area contributed by atoms with Crippen LogP contribution < -0.4 is 10.9 Å². The van der Waals surface area contributed by atoms with E-state index in [0.29, 0.717) is 13.0 Å². The fraction of sp³-hybridized carbons (Fsp3) is 0.318. The van der Waals surface area contributed by atoms with Crippen molar-refractivity contribution < 1.29 is 14.4 Å². The zero-order valence-corrected chi connectivity index (χ0v) is 17.0. The van der Waals surface area contributed by atoms with Crippen LogP contribution in [0.5, 0.6) is 0 Å². The molecule has 7 heteroatoms. The van der Waals surface area contributed by atoms with Crippen molar-refractivity contribution in [3.63, 3.8) is 0 Å². The largest absolute Gasteiger partial charge is 0.333 e. The van der Waals surface area contributed by atoms with E-state index in [4.69, 9.17) is 0 Å². The molecule has 1 fully saturated rings. The van der Waals surface area contributed by atoms with Gasteiger partial charge < -0.3 is 4.90 Å². The highest BCUT2D eigenvalue weighted by atomic mass is 32.2. The molecule has 29 heavy (non-hydrogen) atoms. The Morgan fingerprint density at radius 3 is 2.34 bits per heavy atom. The average molecular weight is 412 g/mol. The maximum atomic E-state index is 12.8. The fourth-order valence-electron chi connectivity index (χ4n) is 3.15. The molecule has 2 aromatic carbocycles. The van der Waals surface area contributed by atoms with Crippen LogP contribution in [-0.4, -0.2) is 35.7 Å². The van der Waals surface area contributed by atoms with Crippen LogP contribution in [0, 0.1) is 0 Å². The molecule has 1 aliphatic rings. The number of hydrazine groups is 1. The van der Waals surface area contributed by atoms with Crippen LogP contribution in [0.1, 0.15) is 36.5 Å². The molecule has 1 aliphatic heterocycles. The Hall–Kier alpha value is -2.80. The Morgan fingerprint density at radius 2 is 1.62 bits per heavy atom. The molecular formula is C22H25N3O3S. The number of likely N-dealkylation sites (tertiary alicyclic amines) is 1. The number of amides is 3. The fourth-order valence-corrected chi connectivity index (χ4v) is 4.20. The first-order valence-electron chi connectivity index (χ1n) is 9.76.